The van der Waals surface area contributed by atoms with Gasteiger partial charge in [-0.25, -0.2) is 4.98 Å². The van der Waals surface area contributed by atoms with Crippen LogP contribution in [0.25, 0.3) is 5.65 Å². The molecule has 7 heteroatoms. The smallest absolute Gasteiger partial charge is 0.252 e. The van der Waals surface area contributed by atoms with Gasteiger partial charge in [0.05, 0.1) is 11.3 Å². The molecule has 1 saturated heterocycles. The van der Waals surface area contributed by atoms with Gasteiger partial charge in [-0.15, -0.1) is 0 Å². The van der Waals surface area contributed by atoms with Crippen molar-refractivity contribution in [3.05, 3.63) is 64.4 Å². The molecule has 1 fully saturated rings. The van der Waals surface area contributed by atoms with E-state index in [9.17, 15) is 4.79 Å². The fourth-order valence-electron chi connectivity index (χ4n) is 4.22. The Labute approximate surface area is 188 Å². The van der Waals surface area contributed by atoms with Crippen molar-refractivity contribution in [3.8, 4) is 0 Å². The Morgan fingerprint density at radius 1 is 1.19 bits per heavy atom. The number of nitrogens with zero attached hydrogens (tertiary/aromatic N) is 4. The maximum atomic E-state index is 12.9. The predicted molar refractivity (Wildman–Crippen MR) is 126 cm³/mol. The van der Waals surface area contributed by atoms with Gasteiger partial charge in [-0.3, -0.25) is 9.20 Å². The third-order valence-corrected chi connectivity index (χ3v) is 6.26. The number of halogens is 1. The van der Waals surface area contributed by atoms with E-state index in [4.69, 9.17) is 16.6 Å². The van der Waals surface area contributed by atoms with Gasteiger partial charge in [0.1, 0.15) is 11.5 Å². The minimum absolute atomic E-state index is 0.0190. The minimum atomic E-state index is -0.0190. The number of aryl methyl sites for hydroxylation is 1. The number of nitrogens with one attached hydrogen (secondary N) is 1. The molecule has 0 bridgehead atoms. The lowest BCUT2D eigenvalue weighted by atomic mass is 10.1. The number of rotatable bonds is 6. The summed E-state index contributed by atoms with van der Waals surface area (Å²) in [5.74, 6) is 0.996. The highest BCUT2D eigenvalue weighted by Crippen LogP contribution is 2.25. The van der Waals surface area contributed by atoms with Crippen LogP contribution in [0.3, 0.4) is 0 Å². The van der Waals surface area contributed by atoms with Crippen LogP contribution in [0.4, 0.5) is 5.82 Å². The zero-order valence-corrected chi connectivity index (χ0v) is 19.2. The van der Waals surface area contributed by atoms with Crippen molar-refractivity contribution in [2.45, 2.75) is 38.8 Å². The third kappa shape index (κ3) is 4.86. The number of likely N-dealkylation sites (tertiary alicyclic amines) is 1. The normalized spacial score (nSPS) is 15.4. The molecule has 1 amide bonds. The number of carbonyl (C=O) groups excluding carboxylic acids is 1. The lowest BCUT2D eigenvalue weighted by Crippen LogP contribution is -2.43. The number of pyridine rings is 1. The number of anilines is 1. The van der Waals surface area contributed by atoms with Gasteiger partial charge in [0, 0.05) is 30.9 Å². The van der Waals surface area contributed by atoms with E-state index in [0.29, 0.717) is 5.56 Å². The van der Waals surface area contributed by atoms with Crippen molar-refractivity contribution in [3.63, 3.8) is 0 Å². The van der Waals surface area contributed by atoms with Crippen molar-refractivity contribution >= 4 is 29.0 Å². The molecule has 2 aromatic heterocycles. The van der Waals surface area contributed by atoms with Crippen molar-refractivity contribution in [1.29, 1.82) is 0 Å². The molecule has 164 valence electrons. The van der Waals surface area contributed by atoms with Crippen LogP contribution in [-0.2, 0) is 13.0 Å². The number of amides is 1. The van der Waals surface area contributed by atoms with E-state index >= 15 is 0 Å². The van der Waals surface area contributed by atoms with E-state index in [1.165, 1.54) is 5.56 Å². The van der Waals surface area contributed by atoms with Crippen molar-refractivity contribution in [1.82, 2.24) is 19.6 Å². The lowest BCUT2D eigenvalue weighted by molar-refractivity contribution is 0.0916. The molecule has 0 atom stereocenters. The summed E-state index contributed by atoms with van der Waals surface area (Å²) in [5.41, 5.74) is 3.70. The summed E-state index contributed by atoms with van der Waals surface area (Å²) in [7, 11) is 4.18. The van der Waals surface area contributed by atoms with Gasteiger partial charge in [0.25, 0.3) is 5.91 Å². The number of imidazole rings is 1. The predicted octanol–water partition coefficient (Wildman–Crippen LogP) is 4.01. The van der Waals surface area contributed by atoms with Crippen molar-refractivity contribution in [2.75, 3.05) is 32.1 Å². The standard InChI is InChI=1S/C24H30ClN5O/c1-4-21-24(29(3)15-17-5-8-19(25)9-6-17)30-16-18(7-10-22(30)27-21)23(31)26-20-11-13-28(2)14-12-20/h5-10,16,20H,4,11-15H2,1-3H3,(H,26,31). The van der Waals surface area contributed by atoms with E-state index in [1.54, 1.807) is 0 Å². The van der Waals surface area contributed by atoms with Crippen LogP contribution in [0.2, 0.25) is 5.02 Å². The lowest BCUT2D eigenvalue weighted by Gasteiger charge is -2.29. The molecule has 3 aromatic rings. The second-order valence-electron chi connectivity index (χ2n) is 8.42. The number of piperidine rings is 1. The molecule has 1 aromatic carbocycles. The van der Waals surface area contributed by atoms with Crippen LogP contribution < -0.4 is 10.2 Å². The van der Waals surface area contributed by atoms with Gasteiger partial charge < -0.3 is 15.1 Å². The number of hydrogen-bond acceptors (Lipinski definition) is 4. The molecular weight excluding hydrogens is 410 g/mol. The van der Waals surface area contributed by atoms with Crippen molar-refractivity contribution < 1.29 is 4.79 Å². The molecule has 0 radical (unpaired) electrons. The molecule has 1 aliphatic rings. The SMILES string of the molecule is CCc1nc2ccc(C(=O)NC3CCN(C)CC3)cn2c1N(C)Cc1ccc(Cl)cc1. The van der Waals surface area contributed by atoms with Gasteiger partial charge in [0.15, 0.2) is 0 Å². The number of fused-ring (bicyclic) bond motifs is 1. The summed E-state index contributed by atoms with van der Waals surface area (Å²) in [6.45, 7) is 4.87. The zero-order valence-electron chi connectivity index (χ0n) is 18.4. The molecule has 0 aliphatic carbocycles. The monoisotopic (exact) mass is 439 g/mol. The molecular formula is C24H30ClN5O. The summed E-state index contributed by atoms with van der Waals surface area (Å²) >= 11 is 6.03. The van der Waals surface area contributed by atoms with E-state index in [-0.39, 0.29) is 11.9 Å². The Hall–Kier alpha value is -2.57. The highest BCUT2D eigenvalue weighted by atomic mass is 35.5. The zero-order chi connectivity index (χ0) is 22.0. The van der Waals surface area contributed by atoms with Crippen LogP contribution in [0.1, 0.15) is 41.4 Å². The molecule has 31 heavy (non-hydrogen) atoms. The maximum Gasteiger partial charge on any atom is 0.252 e. The van der Waals surface area contributed by atoms with Gasteiger partial charge in [-0.05, 0) is 69.2 Å². The van der Waals surface area contributed by atoms with E-state index in [2.05, 4.69) is 36.1 Å². The summed E-state index contributed by atoms with van der Waals surface area (Å²) in [6, 6.07) is 11.9. The number of hydrogen-bond donors (Lipinski definition) is 1. The van der Waals surface area contributed by atoms with Crippen LogP contribution in [-0.4, -0.2) is 53.4 Å². The molecule has 6 nitrogen and oxygen atoms in total. The molecule has 0 spiro atoms. The molecule has 1 N–H and O–H groups in total. The first kappa shape index (κ1) is 21.7. The molecule has 0 saturated carbocycles. The number of benzene rings is 1. The van der Waals surface area contributed by atoms with E-state index in [0.717, 1.165) is 61.1 Å². The molecule has 4 rings (SSSR count). The van der Waals surface area contributed by atoms with E-state index < -0.39 is 0 Å². The van der Waals surface area contributed by atoms with Crippen LogP contribution in [0, 0.1) is 0 Å². The number of carbonyl (C=O) groups is 1. The van der Waals surface area contributed by atoms with Gasteiger partial charge in [0.2, 0.25) is 0 Å². The van der Waals surface area contributed by atoms with Crippen LogP contribution in [0.15, 0.2) is 42.6 Å². The third-order valence-electron chi connectivity index (χ3n) is 6.01. The topological polar surface area (TPSA) is 52.9 Å². The Bertz CT molecular complexity index is 1050. The summed E-state index contributed by atoms with van der Waals surface area (Å²) in [4.78, 5) is 22.2. The fourth-order valence-corrected chi connectivity index (χ4v) is 4.34. The minimum Gasteiger partial charge on any atom is -0.355 e. The largest absolute Gasteiger partial charge is 0.355 e. The summed E-state index contributed by atoms with van der Waals surface area (Å²) in [5, 5.41) is 3.94. The maximum absolute atomic E-state index is 12.9. The average molecular weight is 440 g/mol. The quantitative estimate of drug-likeness (QED) is 0.630. The van der Waals surface area contributed by atoms with E-state index in [1.807, 2.05) is 47.0 Å². The average Bonchev–Trinajstić information content (AvgIpc) is 3.15. The Balaban J connectivity index is 1.59. The highest BCUT2D eigenvalue weighted by molar-refractivity contribution is 6.30. The molecule has 3 heterocycles. The second kappa shape index (κ2) is 9.28. The highest BCUT2D eigenvalue weighted by Gasteiger charge is 2.21. The Kier molecular flexibility index (Phi) is 6.49. The summed E-state index contributed by atoms with van der Waals surface area (Å²) < 4.78 is 2.04. The van der Waals surface area contributed by atoms with Crippen LogP contribution in [0.5, 0.6) is 0 Å². The first-order valence-corrected chi connectivity index (χ1v) is 11.3. The molecule has 0 unspecified atom stereocenters. The van der Waals surface area contributed by atoms with Gasteiger partial charge in [-0.2, -0.15) is 0 Å². The first-order chi connectivity index (χ1) is 14.9. The number of aromatic nitrogens is 2. The van der Waals surface area contributed by atoms with Gasteiger partial charge in [-0.1, -0.05) is 30.7 Å². The summed E-state index contributed by atoms with van der Waals surface area (Å²) in [6.07, 6.45) is 4.72. The van der Waals surface area contributed by atoms with Crippen LogP contribution >= 0.6 is 11.6 Å². The van der Waals surface area contributed by atoms with Crippen molar-refractivity contribution in [2.24, 2.45) is 0 Å². The Morgan fingerprint density at radius 3 is 2.58 bits per heavy atom. The Morgan fingerprint density at radius 2 is 1.90 bits per heavy atom. The molecule has 1 aliphatic heterocycles. The van der Waals surface area contributed by atoms with Gasteiger partial charge >= 0.3 is 0 Å². The second-order valence-corrected chi connectivity index (χ2v) is 8.85. The first-order valence-electron chi connectivity index (χ1n) is 10.9. The fraction of sp³-hybridized carbons (Fsp3) is 0.417.